The molecule has 1 atom stereocenters. The van der Waals surface area contributed by atoms with Crippen molar-refractivity contribution >= 4 is 17.9 Å². The second-order valence-electron chi connectivity index (χ2n) is 6.43. The van der Waals surface area contributed by atoms with E-state index in [1.807, 2.05) is 20.8 Å². The summed E-state index contributed by atoms with van der Waals surface area (Å²) in [5, 5.41) is 11.7. The maximum Gasteiger partial charge on any atom is 0.318 e. The zero-order valence-electron chi connectivity index (χ0n) is 13.2. The van der Waals surface area contributed by atoms with Crippen molar-refractivity contribution < 1.29 is 19.5 Å². The summed E-state index contributed by atoms with van der Waals surface area (Å²) in [4.78, 5) is 37.7. The molecule has 21 heavy (non-hydrogen) atoms. The molecule has 3 amide bonds. The Labute approximate surface area is 125 Å². The van der Waals surface area contributed by atoms with Gasteiger partial charge in [0.25, 0.3) is 0 Å². The summed E-state index contributed by atoms with van der Waals surface area (Å²) < 4.78 is 0. The number of carboxylic acids is 1. The van der Waals surface area contributed by atoms with Gasteiger partial charge >= 0.3 is 12.0 Å². The summed E-state index contributed by atoms with van der Waals surface area (Å²) in [5.74, 6) is -0.848. The van der Waals surface area contributed by atoms with E-state index in [1.54, 1.807) is 11.9 Å². The molecule has 1 aliphatic heterocycles. The topological polar surface area (TPSA) is 90.0 Å². The van der Waals surface area contributed by atoms with E-state index in [1.165, 1.54) is 4.90 Å². The quantitative estimate of drug-likeness (QED) is 0.806. The van der Waals surface area contributed by atoms with Gasteiger partial charge in [0.05, 0.1) is 6.42 Å². The van der Waals surface area contributed by atoms with Crippen LogP contribution in [0.15, 0.2) is 0 Å². The van der Waals surface area contributed by atoms with Gasteiger partial charge in [0.2, 0.25) is 5.91 Å². The SMILES string of the molecule is CN1CC(NC(=O)N(CCC(=O)O)C(C)(C)C)CCC1=O. The Hall–Kier alpha value is -1.79. The summed E-state index contributed by atoms with van der Waals surface area (Å²) in [5.41, 5.74) is -0.462. The van der Waals surface area contributed by atoms with Gasteiger partial charge in [0, 0.05) is 38.1 Å². The highest BCUT2D eigenvalue weighted by atomic mass is 16.4. The Bertz CT molecular complexity index is 417. The molecule has 0 radical (unpaired) electrons. The van der Waals surface area contributed by atoms with Gasteiger partial charge in [0.15, 0.2) is 0 Å². The van der Waals surface area contributed by atoms with Gasteiger partial charge in [-0.2, -0.15) is 0 Å². The number of likely N-dealkylation sites (tertiary alicyclic amines) is 1. The molecule has 1 aliphatic rings. The van der Waals surface area contributed by atoms with Crippen LogP contribution in [0.25, 0.3) is 0 Å². The van der Waals surface area contributed by atoms with E-state index in [0.717, 1.165) is 0 Å². The van der Waals surface area contributed by atoms with Crippen molar-refractivity contribution in [3.8, 4) is 0 Å². The number of piperidine rings is 1. The van der Waals surface area contributed by atoms with Crippen LogP contribution < -0.4 is 5.32 Å². The van der Waals surface area contributed by atoms with Crippen molar-refractivity contribution in [1.29, 1.82) is 0 Å². The fraction of sp³-hybridized carbons (Fsp3) is 0.786. The lowest BCUT2D eigenvalue weighted by Crippen LogP contribution is -2.56. The van der Waals surface area contributed by atoms with Gasteiger partial charge < -0.3 is 20.2 Å². The molecule has 0 spiro atoms. The maximum absolute atomic E-state index is 12.4. The zero-order chi connectivity index (χ0) is 16.2. The second kappa shape index (κ2) is 6.78. The molecular formula is C14H25N3O4. The molecule has 1 heterocycles. The predicted octanol–water partition coefficient (Wildman–Crippen LogP) is 0.892. The standard InChI is InChI=1S/C14H25N3O4/c1-14(2,3)17(8-7-12(19)20)13(21)15-10-5-6-11(18)16(4)9-10/h10H,5-9H2,1-4H3,(H,15,21)(H,19,20). The Balaban J connectivity index is 2.64. The van der Waals surface area contributed by atoms with Crippen molar-refractivity contribution in [3.63, 3.8) is 0 Å². The first kappa shape index (κ1) is 17.3. The van der Waals surface area contributed by atoms with Gasteiger partial charge in [0.1, 0.15) is 0 Å². The number of likely N-dealkylation sites (N-methyl/N-ethyl adjacent to an activating group) is 1. The molecule has 0 saturated carbocycles. The van der Waals surface area contributed by atoms with Crippen LogP contribution in [0.5, 0.6) is 0 Å². The number of hydrogen-bond donors (Lipinski definition) is 2. The van der Waals surface area contributed by atoms with Crippen molar-refractivity contribution in [2.75, 3.05) is 20.1 Å². The van der Waals surface area contributed by atoms with Crippen molar-refractivity contribution in [3.05, 3.63) is 0 Å². The number of rotatable bonds is 4. The van der Waals surface area contributed by atoms with Gasteiger partial charge in [-0.05, 0) is 27.2 Å². The number of hydrogen-bond acceptors (Lipinski definition) is 3. The van der Waals surface area contributed by atoms with Gasteiger partial charge in [-0.1, -0.05) is 0 Å². The molecule has 7 heteroatoms. The van der Waals surface area contributed by atoms with Gasteiger partial charge in [-0.25, -0.2) is 4.79 Å². The summed E-state index contributed by atoms with van der Waals surface area (Å²) in [6, 6.07) is -0.369. The van der Waals surface area contributed by atoms with Crippen molar-refractivity contribution in [2.24, 2.45) is 0 Å². The van der Waals surface area contributed by atoms with Crippen LogP contribution in [0.1, 0.15) is 40.0 Å². The summed E-state index contributed by atoms with van der Waals surface area (Å²) in [6.45, 7) is 6.24. The average Bonchev–Trinajstić information content (AvgIpc) is 2.32. The van der Waals surface area contributed by atoms with Crippen LogP contribution in [0.2, 0.25) is 0 Å². The molecule has 1 fully saturated rings. The third-order valence-electron chi connectivity index (χ3n) is 3.56. The zero-order valence-corrected chi connectivity index (χ0v) is 13.2. The Kier molecular flexibility index (Phi) is 5.57. The minimum Gasteiger partial charge on any atom is -0.481 e. The summed E-state index contributed by atoms with van der Waals surface area (Å²) in [6.07, 6.45) is 0.950. The lowest BCUT2D eigenvalue weighted by Gasteiger charge is -2.38. The molecule has 1 rings (SSSR count). The fourth-order valence-electron chi connectivity index (χ4n) is 2.33. The van der Waals surface area contributed by atoms with Crippen LogP contribution in [-0.4, -0.2) is 64.5 Å². The molecular weight excluding hydrogens is 274 g/mol. The Morgan fingerprint density at radius 1 is 1.43 bits per heavy atom. The van der Waals surface area contributed by atoms with E-state index < -0.39 is 11.5 Å². The minimum absolute atomic E-state index is 0.0825. The van der Waals surface area contributed by atoms with E-state index in [4.69, 9.17) is 5.11 Å². The first-order valence-electron chi connectivity index (χ1n) is 7.15. The normalized spacial score (nSPS) is 19.3. The van der Waals surface area contributed by atoms with Crippen LogP contribution in [0.4, 0.5) is 4.79 Å². The number of amides is 3. The van der Waals surface area contributed by atoms with Crippen LogP contribution in [0, 0.1) is 0 Å². The molecule has 0 bridgehead atoms. The molecule has 0 aromatic heterocycles. The van der Waals surface area contributed by atoms with E-state index >= 15 is 0 Å². The Morgan fingerprint density at radius 3 is 2.52 bits per heavy atom. The monoisotopic (exact) mass is 299 g/mol. The van der Waals surface area contributed by atoms with Crippen molar-refractivity contribution in [1.82, 2.24) is 15.1 Å². The molecule has 7 nitrogen and oxygen atoms in total. The number of nitrogens with zero attached hydrogens (tertiary/aromatic N) is 2. The maximum atomic E-state index is 12.4. The van der Waals surface area contributed by atoms with Gasteiger partial charge in [-0.3, -0.25) is 9.59 Å². The molecule has 120 valence electrons. The van der Waals surface area contributed by atoms with E-state index in [0.29, 0.717) is 19.4 Å². The second-order valence-corrected chi connectivity index (χ2v) is 6.43. The lowest BCUT2D eigenvalue weighted by atomic mass is 10.0. The largest absolute Gasteiger partial charge is 0.481 e. The number of urea groups is 1. The fourth-order valence-corrected chi connectivity index (χ4v) is 2.33. The molecule has 0 aliphatic carbocycles. The molecule has 0 aromatic carbocycles. The third-order valence-corrected chi connectivity index (χ3v) is 3.56. The predicted molar refractivity (Wildman–Crippen MR) is 77.9 cm³/mol. The number of nitrogens with one attached hydrogen (secondary N) is 1. The number of aliphatic carboxylic acids is 1. The van der Waals surface area contributed by atoms with Crippen molar-refractivity contribution in [2.45, 2.75) is 51.6 Å². The highest BCUT2D eigenvalue weighted by Gasteiger charge is 2.30. The highest BCUT2D eigenvalue weighted by molar-refractivity contribution is 5.79. The first-order valence-corrected chi connectivity index (χ1v) is 7.15. The number of carbonyl (C=O) groups excluding carboxylic acids is 2. The number of carboxylic acid groups (broad SMARTS) is 1. The minimum atomic E-state index is -0.931. The van der Waals surface area contributed by atoms with E-state index in [2.05, 4.69) is 5.32 Å². The van der Waals surface area contributed by atoms with Gasteiger partial charge in [-0.15, -0.1) is 0 Å². The third kappa shape index (κ3) is 5.24. The lowest BCUT2D eigenvalue weighted by molar-refractivity contribution is -0.137. The van der Waals surface area contributed by atoms with E-state index in [-0.39, 0.29) is 30.9 Å². The Morgan fingerprint density at radius 2 is 2.05 bits per heavy atom. The highest BCUT2D eigenvalue weighted by Crippen LogP contribution is 2.16. The summed E-state index contributed by atoms with van der Waals surface area (Å²) in [7, 11) is 1.71. The van der Waals surface area contributed by atoms with Crippen LogP contribution in [-0.2, 0) is 9.59 Å². The molecule has 2 N–H and O–H groups in total. The first-order chi connectivity index (χ1) is 9.61. The number of carbonyl (C=O) groups is 3. The summed E-state index contributed by atoms with van der Waals surface area (Å²) >= 11 is 0. The molecule has 1 saturated heterocycles. The molecule has 0 aromatic rings. The van der Waals surface area contributed by atoms with Crippen LogP contribution in [0.3, 0.4) is 0 Å². The molecule has 1 unspecified atom stereocenters. The smallest absolute Gasteiger partial charge is 0.318 e. The van der Waals surface area contributed by atoms with Crippen LogP contribution >= 0.6 is 0 Å². The average molecular weight is 299 g/mol. The van der Waals surface area contributed by atoms with E-state index in [9.17, 15) is 14.4 Å².